The quantitative estimate of drug-likeness (QED) is 0.929. The number of piperazine rings is 1. The minimum Gasteiger partial charge on any atom is -0.360 e. The first kappa shape index (κ1) is 16.0. The van der Waals surface area contributed by atoms with Crippen molar-refractivity contribution in [2.24, 2.45) is 0 Å². The zero-order valence-corrected chi connectivity index (χ0v) is 14.2. The molecule has 0 unspecified atom stereocenters. The molecule has 0 bridgehead atoms. The number of carbonyl (C=O) groups excluding carboxylic acids is 1. The van der Waals surface area contributed by atoms with Crippen LogP contribution in [0.15, 0.2) is 28.8 Å². The largest absolute Gasteiger partial charge is 0.360 e. The highest BCUT2D eigenvalue weighted by Gasteiger charge is 2.29. The van der Waals surface area contributed by atoms with Crippen LogP contribution in [0.1, 0.15) is 23.0 Å². The Labute approximate surface area is 140 Å². The number of hydrogen-bond acceptors (Lipinski definition) is 3. The van der Waals surface area contributed by atoms with E-state index in [0.717, 1.165) is 38.3 Å². The summed E-state index contributed by atoms with van der Waals surface area (Å²) in [4.78, 5) is 16.4. The molecule has 122 valence electrons. The third-order valence-electron chi connectivity index (χ3n) is 4.46. The number of aryl methyl sites for hydroxylation is 1. The second kappa shape index (κ2) is 6.72. The molecule has 1 saturated heterocycles. The summed E-state index contributed by atoms with van der Waals surface area (Å²) in [7, 11) is 0. The zero-order chi connectivity index (χ0) is 16.4. The van der Waals surface area contributed by atoms with Gasteiger partial charge in [-0.15, -0.1) is 0 Å². The molecule has 1 aromatic carbocycles. The van der Waals surface area contributed by atoms with Crippen molar-refractivity contribution in [2.75, 3.05) is 32.7 Å². The monoisotopic (exact) mass is 334 g/mol. The number of hydrogen-bond donors (Lipinski definition) is 1. The van der Waals surface area contributed by atoms with Crippen LogP contribution in [0.25, 0.3) is 11.3 Å². The van der Waals surface area contributed by atoms with Crippen LogP contribution < -0.4 is 4.90 Å². The maximum atomic E-state index is 13.0. The standard InChI is InChI=1S/C17H20ClN3O2/c1-3-20-8-10-21(11-9-20)17(22)15-12(2)23-19-16(15)13-6-4-5-7-14(13)18/h4-7H,3,8-11H2,1-2H3/p+1. The summed E-state index contributed by atoms with van der Waals surface area (Å²) in [6, 6.07) is 7.38. The van der Waals surface area contributed by atoms with E-state index in [1.807, 2.05) is 23.1 Å². The SMILES string of the molecule is CC[NH+]1CCN(C(=O)c2c(-c3ccccc3Cl)noc2C)CC1. The number of nitrogens with one attached hydrogen (secondary N) is 1. The maximum absolute atomic E-state index is 13.0. The summed E-state index contributed by atoms with van der Waals surface area (Å²) in [5.41, 5.74) is 1.79. The first-order valence-electron chi connectivity index (χ1n) is 7.95. The lowest BCUT2D eigenvalue weighted by Crippen LogP contribution is -3.14. The number of amides is 1. The highest BCUT2D eigenvalue weighted by atomic mass is 35.5. The highest BCUT2D eigenvalue weighted by molar-refractivity contribution is 6.33. The van der Waals surface area contributed by atoms with Gasteiger partial charge in [-0.3, -0.25) is 4.79 Å². The van der Waals surface area contributed by atoms with Gasteiger partial charge in [-0.05, 0) is 19.9 Å². The number of halogens is 1. The molecule has 5 nitrogen and oxygen atoms in total. The van der Waals surface area contributed by atoms with Gasteiger partial charge in [0.1, 0.15) is 17.0 Å². The van der Waals surface area contributed by atoms with Crippen molar-refractivity contribution in [3.05, 3.63) is 40.6 Å². The summed E-state index contributed by atoms with van der Waals surface area (Å²) in [6.07, 6.45) is 0. The van der Waals surface area contributed by atoms with E-state index in [2.05, 4.69) is 12.1 Å². The summed E-state index contributed by atoms with van der Waals surface area (Å²) in [6.45, 7) is 8.52. The average molecular weight is 335 g/mol. The van der Waals surface area contributed by atoms with Crippen molar-refractivity contribution in [2.45, 2.75) is 13.8 Å². The van der Waals surface area contributed by atoms with Gasteiger partial charge in [0.05, 0.1) is 37.7 Å². The fourth-order valence-corrected chi connectivity index (χ4v) is 3.22. The van der Waals surface area contributed by atoms with Crippen LogP contribution in [-0.2, 0) is 0 Å². The van der Waals surface area contributed by atoms with Gasteiger partial charge in [-0.2, -0.15) is 0 Å². The lowest BCUT2D eigenvalue weighted by Gasteiger charge is -2.31. The van der Waals surface area contributed by atoms with E-state index in [-0.39, 0.29) is 5.91 Å². The summed E-state index contributed by atoms with van der Waals surface area (Å²) >= 11 is 6.26. The zero-order valence-electron chi connectivity index (χ0n) is 13.4. The Bertz CT molecular complexity index is 706. The topological polar surface area (TPSA) is 50.8 Å². The minimum absolute atomic E-state index is 0.0196. The molecule has 23 heavy (non-hydrogen) atoms. The molecule has 1 N–H and O–H groups in total. The van der Waals surface area contributed by atoms with Gasteiger partial charge in [0.25, 0.3) is 5.91 Å². The van der Waals surface area contributed by atoms with E-state index >= 15 is 0 Å². The number of benzene rings is 1. The average Bonchev–Trinajstić information content (AvgIpc) is 2.96. The van der Waals surface area contributed by atoms with Gasteiger partial charge in [-0.25, -0.2) is 0 Å². The lowest BCUT2D eigenvalue weighted by atomic mass is 10.0. The second-order valence-corrected chi connectivity index (χ2v) is 6.25. The molecule has 0 radical (unpaired) electrons. The van der Waals surface area contributed by atoms with Crippen molar-refractivity contribution in [1.82, 2.24) is 10.1 Å². The van der Waals surface area contributed by atoms with E-state index in [4.69, 9.17) is 16.1 Å². The smallest absolute Gasteiger partial charge is 0.260 e. The Balaban J connectivity index is 1.90. The van der Waals surface area contributed by atoms with E-state index < -0.39 is 0 Å². The van der Waals surface area contributed by atoms with Gasteiger partial charge in [0.2, 0.25) is 0 Å². The molecule has 1 aliphatic rings. The van der Waals surface area contributed by atoms with Crippen LogP contribution in [0.5, 0.6) is 0 Å². The Morgan fingerprint density at radius 2 is 2.04 bits per heavy atom. The van der Waals surface area contributed by atoms with Gasteiger partial charge in [0, 0.05) is 5.56 Å². The maximum Gasteiger partial charge on any atom is 0.260 e. The number of rotatable bonds is 3. The van der Waals surface area contributed by atoms with Crippen LogP contribution in [0, 0.1) is 6.92 Å². The number of likely N-dealkylation sites (N-methyl/N-ethyl adjacent to an activating group) is 1. The minimum atomic E-state index is -0.0196. The Kier molecular flexibility index (Phi) is 4.68. The molecule has 1 amide bonds. The summed E-state index contributed by atoms with van der Waals surface area (Å²) < 4.78 is 5.30. The predicted octanol–water partition coefficient (Wildman–Crippen LogP) is 1.66. The van der Waals surface area contributed by atoms with E-state index in [1.165, 1.54) is 4.90 Å². The normalized spacial score (nSPS) is 15.9. The van der Waals surface area contributed by atoms with E-state index in [1.54, 1.807) is 13.0 Å². The fourth-order valence-electron chi connectivity index (χ4n) is 3.00. The molecule has 1 fully saturated rings. The van der Waals surface area contributed by atoms with E-state index in [9.17, 15) is 4.79 Å². The molecule has 6 heteroatoms. The number of aromatic nitrogens is 1. The Hall–Kier alpha value is -1.85. The molecular formula is C17H21ClN3O2+. The van der Waals surface area contributed by atoms with Crippen LogP contribution in [-0.4, -0.2) is 48.7 Å². The number of carbonyl (C=O) groups is 1. The molecular weight excluding hydrogens is 314 g/mol. The molecule has 0 saturated carbocycles. The first-order chi connectivity index (χ1) is 11.1. The summed E-state index contributed by atoms with van der Waals surface area (Å²) in [5, 5.41) is 4.65. The van der Waals surface area contributed by atoms with Crippen LogP contribution in [0.2, 0.25) is 5.02 Å². The fraction of sp³-hybridized carbons (Fsp3) is 0.412. The molecule has 0 atom stereocenters. The molecule has 0 aliphatic carbocycles. The van der Waals surface area contributed by atoms with Crippen molar-refractivity contribution < 1.29 is 14.2 Å². The van der Waals surface area contributed by atoms with Crippen molar-refractivity contribution in [3.8, 4) is 11.3 Å². The first-order valence-corrected chi connectivity index (χ1v) is 8.33. The molecule has 1 aliphatic heterocycles. The highest BCUT2D eigenvalue weighted by Crippen LogP contribution is 2.31. The predicted molar refractivity (Wildman–Crippen MR) is 88.8 cm³/mol. The lowest BCUT2D eigenvalue weighted by molar-refractivity contribution is -0.902. The van der Waals surface area contributed by atoms with Gasteiger partial charge in [0.15, 0.2) is 0 Å². The molecule has 2 aromatic rings. The molecule has 3 rings (SSSR count). The van der Waals surface area contributed by atoms with Crippen molar-refractivity contribution in [1.29, 1.82) is 0 Å². The van der Waals surface area contributed by atoms with E-state index in [0.29, 0.717) is 22.0 Å². The van der Waals surface area contributed by atoms with Gasteiger partial charge < -0.3 is 14.3 Å². The Morgan fingerprint density at radius 1 is 1.35 bits per heavy atom. The number of nitrogens with zero attached hydrogens (tertiary/aromatic N) is 2. The van der Waals surface area contributed by atoms with Crippen LogP contribution >= 0.6 is 11.6 Å². The van der Waals surface area contributed by atoms with Crippen LogP contribution in [0.4, 0.5) is 0 Å². The van der Waals surface area contributed by atoms with Crippen LogP contribution in [0.3, 0.4) is 0 Å². The third kappa shape index (κ3) is 3.12. The second-order valence-electron chi connectivity index (χ2n) is 5.84. The number of quaternary nitrogens is 1. The Morgan fingerprint density at radius 3 is 2.70 bits per heavy atom. The summed E-state index contributed by atoms with van der Waals surface area (Å²) in [5.74, 6) is 0.518. The van der Waals surface area contributed by atoms with Crippen molar-refractivity contribution >= 4 is 17.5 Å². The molecule has 2 heterocycles. The van der Waals surface area contributed by atoms with Gasteiger partial charge >= 0.3 is 0 Å². The molecule has 0 spiro atoms. The third-order valence-corrected chi connectivity index (χ3v) is 4.79. The van der Waals surface area contributed by atoms with Gasteiger partial charge in [-0.1, -0.05) is 35.0 Å². The van der Waals surface area contributed by atoms with Crippen molar-refractivity contribution in [3.63, 3.8) is 0 Å². The molecule has 1 aromatic heterocycles.